The fraction of sp³-hybridized carbons (Fsp3) is 0.261. The number of hydrogen-bond acceptors (Lipinski definition) is 3. The molecule has 0 aliphatic carbocycles. The van der Waals surface area contributed by atoms with E-state index in [1.54, 1.807) is 0 Å². The minimum absolute atomic E-state index is 0.919. The molecule has 3 aromatic carbocycles. The summed E-state index contributed by atoms with van der Waals surface area (Å²) >= 11 is 0. The summed E-state index contributed by atoms with van der Waals surface area (Å²) in [4.78, 5) is 7.09. The molecule has 0 spiro atoms. The molecule has 2 aliphatic rings. The maximum Gasteiger partial charge on any atom is 0.198 e. The Morgan fingerprint density at radius 1 is 0.923 bits per heavy atom. The van der Waals surface area contributed by atoms with E-state index >= 15 is 0 Å². The monoisotopic (exact) mass is 341 g/mol. The summed E-state index contributed by atoms with van der Waals surface area (Å²) in [6.45, 7) is 7.38. The summed E-state index contributed by atoms with van der Waals surface area (Å²) in [6.07, 6.45) is 1.14. The molecule has 0 amide bonds. The molecule has 0 unspecified atom stereocenters. The van der Waals surface area contributed by atoms with E-state index in [0.29, 0.717) is 0 Å². The number of nitrogens with zero attached hydrogens (tertiary/aromatic N) is 2. The van der Waals surface area contributed by atoms with E-state index in [9.17, 15) is 0 Å². The zero-order chi connectivity index (χ0) is 17.7. The van der Waals surface area contributed by atoms with Crippen LogP contribution >= 0.6 is 0 Å². The first-order chi connectivity index (χ1) is 12.7. The molecule has 0 fully saturated rings. The van der Waals surface area contributed by atoms with Crippen LogP contribution in [0.2, 0.25) is 0 Å². The van der Waals surface area contributed by atoms with Crippen molar-refractivity contribution in [3.05, 3.63) is 65.2 Å². The van der Waals surface area contributed by atoms with Crippen LogP contribution in [0.4, 0.5) is 5.69 Å². The van der Waals surface area contributed by atoms with E-state index < -0.39 is 0 Å². The van der Waals surface area contributed by atoms with Crippen molar-refractivity contribution < 1.29 is 0 Å². The van der Waals surface area contributed by atoms with Crippen LogP contribution in [-0.4, -0.2) is 23.9 Å². The first-order valence-corrected chi connectivity index (χ1v) is 9.40. The van der Waals surface area contributed by atoms with Gasteiger partial charge in [-0.15, -0.1) is 0 Å². The van der Waals surface area contributed by atoms with Gasteiger partial charge in [-0.05, 0) is 53.3 Å². The highest BCUT2D eigenvalue weighted by molar-refractivity contribution is 6.07. The van der Waals surface area contributed by atoms with Gasteiger partial charge in [0.15, 0.2) is 5.96 Å². The Hall–Kier alpha value is -2.81. The molecule has 0 radical (unpaired) electrons. The van der Waals surface area contributed by atoms with E-state index in [1.165, 1.54) is 44.3 Å². The van der Waals surface area contributed by atoms with Crippen LogP contribution in [0.3, 0.4) is 0 Å². The van der Waals surface area contributed by atoms with Gasteiger partial charge in [-0.1, -0.05) is 48.5 Å². The quantitative estimate of drug-likeness (QED) is 0.666. The third-order valence-electron chi connectivity index (χ3n) is 5.63. The first kappa shape index (κ1) is 15.4. The zero-order valence-corrected chi connectivity index (χ0v) is 15.3. The van der Waals surface area contributed by atoms with Crippen LogP contribution in [0, 0.1) is 13.8 Å². The van der Waals surface area contributed by atoms with Crippen molar-refractivity contribution >= 4 is 22.4 Å². The Bertz CT molecular complexity index is 1050. The number of aryl methyl sites for hydroxylation is 2. The third-order valence-corrected chi connectivity index (χ3v) is 5.63. The molecule has 0 bridgehead atoms. The molecule has 0 atom stereocenters. The van der Waals surface area contributed by atoms with Gasteiger partial charge < -0.3 is 10.2 Å². The molecule has 2 aliphatic heterocycles. The van der Waals surface area contributed by atoms with Crippen molar-refractivity contribution in [2.45, 2.75) is 26.8 Å². The maximum atomic E-state index is 4.73. The fourth-order valence-corrected chi connectivity index (χ4v) is 4.30. The number of fused-ring (bicyclic) bond motifs is 3. The van der Waals surface area contributed by atoms with E-state index in [2.05, 4.69) is 72.6 Å². The summed E-state index contributed by atoms with van der Waals surface area (Å²) in [7, 11) is 0. The molecule has 2 heterocycles. The molecular weight excluding hydrogens is 318 g/mol. The average Bonchev–Trinajstić information content (AvgIpc) is 2.67. The number of hydrogen-bond donors (Lipinski definition) is 1. The van der Waals surface area contributed by atoms with Crippen LogP contribution in [0.5, 0.6) is 0 Å². The normalized spacial score (nSPS) is 15.9. The van der Waals surface area contributed by atoms with E-state index in [4.69, 9.17) is 4.99 Å². The lowest BCUT2D eigenvalue weighted by Gasteiger charge is -2.36. The second kappa shape index (κ2) is 5.87. The summed E-state index contributed by atoms with van der Waals surface area (Å²) < 4.78 is 0. The number of rotatable bonds is 1. The van der Waals surface area contributed by atoms with Crippen LogP contribution in [0.1, 0.15) is 23.1 Å². The van der Waals surface area contributed by atoms with Crippen molar-refractivity contribution in [2.24, 2.45) is 4.99 Å². The first-order valence-electron chi connectivity index (χ1n) is 9.40. The average molecular weight is 341 g/mol. The largest absolute Gasteiger partial charge is 0.338 e. The van der Waals surface area contributed by atoms with Gasteiger partial charge in [0.2, 0.25) is 0 Å². The molecule has 0 saturated carbocycles. The zero-order valence-electron chi connectivity index (χ0n) is 15.3. The molecule has 26 heavy (non-hydrogen) atoms. The lowest BCUT2D eigenvalue weighted by atomic mass is 9.88. The van der Waals surface area contributed by atoms with Crippen LogP contribution in [0.25, 0.3) is 21.9 Å². The van der Waals surface area contributed by atoms with Crippen molar-refractivity contribution in [3.8, 4) is 11.1 Å². The van der Waals surface area contributed by atoms with Gasteiger partial charge >= 0.3 is 0 Å². The van der Waals surface area contributed by atoms with E-state index in [0.717, 1.165) is 32.0 Å². The lowest BCUT2D eigenvalue weighted by Crippen LogP contribution is -2.43. The smallest absolute Gasteiger partial charge is 0.198 e. The third kappa shape index (κ3) is 2.31. The fourth-order valence-electron chi connectivity index (χ4n) is 4.30. The van der Waals surface area contributed by atoms with Crippen molar-refractivity contribution in [3.63, 3.8) is 0 Å². The van der Waals surface area contributed by atoms with Gasteiger partial charge in [0, 0.05) is 25.2 Å². The number of nitrogens with one attached hydrogen (secondary N) is 1. The van der Waals surface area contributed by atoms with E-state index in [1.807, 2.05) is 0 Å². The number of aliphatic imine (C=N–C) groups is 1. The maximum absolute atomic E-state index is 4.73. The predicted octanol–water partition coefficient (Wildman–Crippen LogP) is 5.11. The van der Waals surface area contributed by atoms with Crippen molar-refractivity contribution in [1.29, 1.82) is 0 Å². The Morgan fingerprint density at radius 3 is 2.65 bits per heavy atom. The predicted molar refractivity (Wildman–Crippen MR) is 110 cm³/mol. The number of anilines is 1. The van der Waals surface area contributed by atoms with Gasteiger partial charge in [-0.2, -0.15) is 0 Å². The molecule has 3 nitrogen and oxygen atoms in total. The topological polar surface area (TPSA) is 27.6 Å². The highest BCUT2D eigenvalue weighted by Crippen LogP contribution is 2.42. The standard InChI is InChI=1S/C23H23N3/c1-15-8-10-17-6-3-4-7-19(17)20(15)21-16(2)9-11-18-14-26-13-5-12-24-23(26)25-22(18)21/h3-4,6-11H,5,12-14H2,1-2H3,(H,24,25). The van der Waals surface area contributed by atoms with E-state index in [-0.39, 0.29) is 0 Å². The lowest BCUT2D eigenvalue weighted by molar-refractivity contribution is 0.382. The molecule has 0 aromatic heterocycles. The number of guanidine groups is 1. The second-order valence-corrected chi connectivity index (χ2v) is 7.38. The summed E-state index contributed by atoms with van der Waals surface area (Å²) in [5.74, 6) is 1.04. The van der Waals surface area contributed by atoms with Crippen LogP contribution in [0.15, 0.2) is 53.5 Å². The van der Waals surface area contributed by atoms with Crippen LogP contribution < -0.4 is 5.32 Å². The van der Waals surface area contributed by atoms with Crippen LogP contribution in [-0.2, 0) is 6.54 Å². The highest BCUT2D eigenvalue weighted by atomic mass is 15.3. The molecule has 130 valence electrons. The summed E-state index contributed by atoms with van der Waals surface area (Å²) in [5, 5.41) is 6.28. The second-order valence-electron chi connectivity index (χ2n) is 7.38. The van der Waals surface area contributed by atoms with Gasteiger partial charge in [0.1, 0.15) is 0 Å². The minimum Gasteiger partial charge on any atom is -0.338 e. The minimum atomic E-state index is 0.919. The summed E-state index contributed by atoms with van der Waals surface area (Å²) in [5.41, 5.74) is 7.88. The Morgan fingerprint density at radius 2 is 1.73 bits per heavy atom. The molecular formula is C23H23N3. The van der Waals surface area contributed by atoms with Crippen molar-refractivity contribution in [1.82, 2.24) is 4.90 Å². The van der Waals surface area contributed by atoms with Gasteiger partial charge in [0.05, 0.1) is 5.69 Å². The Balaban J connectivity index is 1.79. The molecule has 0 saturated heterocycles. The summed E-state index contributed by atoms with van der Waals surface area (Å²) in [6, 6.07) is 17.7. The molecule has 5 rings (SSSR count). The van der Waals surface area contributed by atoms with Gasteiger partial charge in [0.25, 0.3) is 0 Å². The SMILES string of the molecule is Cc1ccc2c(c1-c1c(C)ccc3ccccc13)NC1=NCCCN1C2. The molecule has 3 aromatic rings. The number of benzene rings is 3. The molecule has 3 heteroatoms. The molecule has 1 N–H and O–H groups in total. The Kier molecular flexibility index (Phi) is 3.49. The van der Waals surface area contributed by atoms with Gasteiger partial charge in [-0.25, -0.2) is 0 Å². The van der Waals surface area contributed by atoms with Gasteiger partial charge in [-0.3, -0.25) is 4.99 Å². The Labute approximate surface area is 154 Å². The highest BCUT2D eigenvalue weighted by Gasteiger charge is 2.26. The van der Waals surface area contributed by atoms with Crippen molar-refractivity contribution in [2.75, 3.05) is 18.4 Å².